The topological polar surface area (TPSA) is 159 Å². The highest BCUT2D eigenvalue weighted by Gasteiger charge is 2.32. The van der Waals surface area contributed by atoms with Crippen LogP contribution in [0.25, 0.3) is 22.3 Å². The molecule has 12 nitrogen and oxygen atoms in total. The number of aromatic nitrogens is 3. The van der Waals surface area contributed by atoms with Crippen molar-refractivity contribution in [3.63, 3.8) is 0 Å². The van der Waals surface area contributed by atoms with Gasteiger partial charge in [0.25, 0.3) is 5.69 Å². The van der Waals surface area contributed by atoms with Crippen LogP contribution in [0.15, 0.2) is 95.7 Å². The molecule has 2 heterocycles. The van der Waals surface area contributed by atoms with E-state index in [0.29, 0.717) is 40.3 Å². The maximum Gasteiger partial charge on any atom is 0.513 e. The third kappa shape index (κ3) is 9.00. The molecule has 0 bridgehead atoms. The van der Waals surface area contributed by atoms with Gasteiger partial charge in [0.2, 0.25) is 0 Å². The smallest absolute Gasteiger partial charge is 0.466 e. The number of fused-ring (bicyclic) bond motifs is 1. The molecule has 0 spiro atoms. The predicted molar refractivity (Wildman–Crippen MR) is 202 cm³/mol. The Kier molecular flexibility index (Phi) is 11.9. The average Bonchev–Trinajstić information content (AvgIpc) is 3.86. The molecule has 15 heteroatoms. The highest BCUT2D eigenvalue weighted by Crippen LogP contribution is 2.40. The molecule has 0 fully saturated rings. The largest absolute Gasteiger partial charge is 0.513 e. The van der Waals surface area contributed by atoms with Crippen LogP contribution in [0.4, 0.5) is 19.3 Å². The third-order valence-corrected chi connectivity index (χ3v) is 9.85. The van der Waals surface area contributed by atoms with Crippen LogP contribution >= 0.6 is 15.9 Å². The molecule has 0 radical (unpaired) electrons. The number of esters is 1. The van der Waals surface area contributed by atoms with Crippen molar-refractivity contribution < 1.29 is 42.2 Å². The molecule has 6 aromatic rings. The first-order valence-corrected chi connectivity index (χ1v) is 18.1. The Morgan fingerprint density at radius 1 is 0.982 bits per heavy atom. The van der Waals surface area contributed by atoms with Crippen LogP contribution in [-0.4, -0.2) is 45.2 Å². The second-order valence-corrected chi connectivity index (χ2v) is 13.5. The maximum atomic E-state index is 15.4. The Morgan fingerprint density at radius 2 is 1.76 bits per heavy atom. The number of hydrogen-bond acceptors (Lipinski definition) is 9. The lowest BCUT2D eigenvalue weighted by Gasteiger charge is -2.30. The molecule has 0 saturated heterocycles. The first-order chi connectivity index (χ1) is 26.4. The number of non-ortho nitro benzene ring substituents is 1. The summed E-state index contributed by atoms with van der Waals surface area (Å²) in [5, 5.41) is 11.6. The van der Waals surface area contributed by atoms with Crippen LogP contribution < -0.4 is 9.47 Å². The van der Waals surface area contributed by atoms with Gasteiger partial charge in [-0.15, -0.1) is 0 Å². The summed E-state index contributed by atoms with van der Waals surface area (Å²) in [5.41, 5.74) is 2.11. The zero-order valence-corrected chi connectivity index (χ0v) is 31.3. The van der Waals surface area contributed by atoms with E-state index in [0.717, 1.165) is 11.1 Å². The van der Waals surface area contributed by atoms with Crippen molar-refractivity contribution in [2.45, 2.75) is 44.9 Å². The summed E-state index contributed by atoms with van der Waals surface area (Å²) in [4.78, 5) is 45.6. The fraction of sp³-hybridized carbons (Fsp3) is 0.225. The molecule has 2 N–H and O–H groups in total. The summed E-state index contributed by atoms with van der Waals surface area (Å²) >= 11 is 3.42. The normalized spacial score (nSPS) is 12.2. The maximum absolute atomic E-state index is 15.4. The van der Waals surface area contributed by atoms with Crippen molar-refractivity contribution in [3.8, 4) is 28.6 Å². The Labute approximate surface area is 322 Å². The molecule has 6 rings (SSSR count). The minimum atomic E-state index is -0.974. The summed E-state index contributed by atoms with van der Waals surface area (Å²) in [5.74, 6) is -1.09. The summed E-state index contributed by atoms with van der Waals surface area (Å²) in [6, 6.07) is 19.9. The number of benzene rings is 4. The predicted octanol–water partition coefficient (Wildman–Crippen LogP) is 10.1. The molecule has 55 heavy (non-hydrogen) atoms. The molecule has 0 aliphatic rings. The number of imidazole rings is 1. The standard InChI is InChI=1S/C40H35BrF2N4O8/c1-3-52-35(48)15-8-24-6-4-7-25(20-24)40(2,17-5-19-53-39(49)55-27-11-9-26(10-12-27)47(50)51)34-23-45-38(46-34)30-21-28(13-14-31(30)42)54-37-32(43)22-33-29(36(37)41)16-18-44-33/h4,6-7,9-14,16,18,20-23,44H,3,5,8,15,17,19H2,1-2H3,(H,45,46). The number of nitrogens with one attached hydrogen (secondary N) is 2. The number of carbonyl (C=O) groups excluding carboxylic acids is 2. The molecule has 0 amide bonds. The monoisotopic (exact) mass is 816 g/mol. The van der Waals surface area contributed by atoms with E-state index in [-0.39, 0.29) is 59.9 Å². The SMILES string of the molecule is CCOC(=O)CCc1cccc(C(C)(CCCOC(=O)Oc2ccc([N+](=O)[O-])cc2)c2cnc(-c3cc(Oc4c(F)cc5[nH]ccc5c4Br)ccc3F)[nH]2)c1. The molecule has 1 unspecified atom stereocenters. The molecular weight excluding hydrogens is 782 g/mol. The number of ether oxygens (including phenoxy) is 4. The van der Waals surface area contributed by atoms with Crippen molar-refractivity contribution in [2.24, 2.45) is 0 Å². The number of nitro groups is 1. The van der Waals surface area contributed by atoms with Gasteiger partial charge in [-0.05, 0) is 96.6 Å². The number of carbonyl (C=O) groups is 2. The van der Waals surface area contributed by atoms with Gasteiger partial charge in [-0.25, -0.2) is 18.6 Å². The second kappa shape index (κ2) is 16.9. The van der Waals surface area contributed by atoms with E-state index in [4.69, 9.17) is 18.9 Å². The average molecular weight is 818 g/mol. The van der Waals surface area contributed by atoms with Gasteiger partial charge in [-0.2, -0.15) is 0 Å². The molecule has 4 aromatic carbocycles. The van der Waals surface area contributed by atoms with Gasteiger partial charge < -0.3 is 28.9 Å². The number of hydrogen-bond donors (Lipinski definition) is 2. The molecule has 284 valence electrons. The zero-order chi connectivity index (χ0) is 39.1. The number of halogens is 3. The number of aromatic amines is 2. The van der Waals surface area contributed by atoms with Gasteiger partial charge >= 0.3 is 12.1 Å². The van der Waals surface area contributed by atoms with E-state index in [2.05, 4.69) is 30.9 Å². The summed E-state index contributed by atoms with van der Waals surface area (Å²) in [7, 11) is 0. The van der Waals surface area contributed by atoms with Crippen molar-refractivity contribution in [3.05, 3.63) is 134 Å². The molecule has 2 aromatic heterocycles. The quantitative estimate of drug-likeness (QED) is 0.0338. The van der Waals surface area contributed by atoms with Gasteiger partial charge in [0.1, 0.15) is 23.1 Å². The lowest BCUT2D eigenvalue weighted by molar-refractivity contribution is -0.384. The van der Waals surface area contributed by atoms with Crippen molar-refractivity contribution in [1.82, 2.24) is 15.0 Å². The number of aryl methyl sites for hydroxylation is 1. The number of rotatable bonds is 15. The van der Waals surface area contributed by atoms with E-state index in [1.54, 1.807) is 25.4 Å². The number of H-pyrrole nitrogens is 2. The van der Waals surface area contributed by atoms with Crippen molar-refractivity contribution in [2.75, 3.05) is 13.2 Å². The van der Waals surface area contributed by atoms with E-state index in [1.807, 2.05) is 31.2 Å². The molecule has 0 aliphatic heterocycles. The molecular formula is C40H35BrF2N4O8. The highest BCUT2D eigenvalue weighted by atomic mass is 79.9. The molecule has 0 aliphatic carbocycles. The van der Waals surface area contributed by atoms with Crippen molar-refractivity contribution >= 4 is 44.6 Å². The molecule has 1 atom stereocenters. The van der Waals surface area contributed by atoms with Gasteiger partial charge in [0.05, 0.1) is 28.2 Å². The van der Waals surface area contributed by atoms with Crippen molar-refractivity contribution in [1.29, 1.82) is 0 Å². The number of nitro benzene ring substituents is 1. The lowest BCUT2D eigenvalue weighted by atomic mass is 9.75. The summed E-state index contributed by atoms with van der Waals surface area (Å²) in [6.45, 7) is 3.98. The van der Waals surface area contributed by atoms with Crippen LogP contribution in [0, 0.1) is 21.7 Å². The fourth-order valence-electron chi connectivity index (χ4n) is 6.14. The van der Waals surface area contributed by atoms with Crippen LogP contribution in [0.3, 0.4) is 0 Å². The Morgan fingerprint density at radius 3 is 2.53 bits per heavy atom. The van der Waals surface area contributed by atoms with E-state index >= 15 is 8.78 Å². The summed E-state index contributed by atoms with van der Waals surface area (Å²) in [6.07, 6.45) is 3.73. The Bertz CT molecular complexity index is 2350. The van der Waals surface area contributed by atoms with Crippen LogP contribution in [0.1, 0.15) is 49.9 Å². The van der Waals surface area contributed by atoms with E-state index in [9.17, 15) is 19.7 Å². The highest BCUT2D eigenvalue weighted by molar-refractivity contribution is 9.10. The zero-order valence-electron chi connectivity index (χ0n) is 29.7. The first-order valence-electron chi connectivity index (χ1n) is 17.3. The van der Waals surface area contributed by atoms with E-state index in [1.165, 1.54) is 48.5 Å². The van der Waals surface area contributed by atoms with Gasteiger partial charge in [-0.1, -0.05) is 24.3 Å². The van der Waals surface area contributed by atoms with E-state index < -0.39 is 28.1 Å². The number of nitrogens with zero attached hydrogens (tertiary/aromatic N) is 2. The second-order valence-electron chi connectivity index (χ2n) is 12.7. The minimum absolute atomic E-state index is 0.0281. The Hall–Kier alpha value is -6.09. The first kappa shape index (κ1) is 38.6. The van der Waals surface area contributed by atoms with Crippen LogP contribution in [0.2, 0.25) is 0 Å². The van der Waals surface area contributed by atoms with Crippen LogP contribution in [-0.2, 0) is 26.1 Å². The summed E-state index contributed by atoms with van der Waals surface area (Å²) < 4.78 is 52.4. The molecule has 0 saturated carbocycles. The minimum Gasteiger partial charge on any atom is -0.466 e. The third-order valence-electron chi connectivity index (χ3n) is 9.06. The Balaban J connectivity index is 1.23. The van der Waals surface area contributed by atoms with Gasteiger partial charge in [0.15, 0.2) is 11.6 Å². The van der Waals surface area contributed by atoms with Crippen LogP contribution in [0.5, 0.6) is 17.2 Å². The van der Waals surface area contributed by atoms with Gasteiger partial charge in [0, 0.05) is 59.0 Å². The lowest BCUT2D eigenvalue weighted by Crippen LogP contribution is -2.25. The fourth-order valence-corrected chi connectivity index (χ4v) is 6.75. The van der Waals surface area contributed by atoms with Gasteiger partial charge in [-0.3, -0.25) is 14.9 Å².